The van der Waals surface area contributed by atoms with Crippen molar-refractivity contribution in [3.05, 3.63) is 58.1 Å². The fraction of sp³-hybridized carbons (Fsp3) is 0.294. The molecule has 11 heteroatoms. The molecule has 0 saturated carbocycles. The number of hydrogen-bond donors (Lipinski definition) is 2. The second-order valence-corrected chi connectivity index (χ2v) is 8.82. The Labute approximate surface area is 171 Å². The third kappa shape index (κ3) is 6.52. The van der Waals surface area contributed by atoms with E-state index in [0.29, 0.717) is 22.2 Å². The average Bonchev–Trinajstić information content (AvgIpc) is 2.55. The summed E-state index contributed by atoms with van der Waals surface area (Å²) in [6, 6.07) is 8.71. The summed E-state index contributed by atoms with van der Waals surface area (Å²) in [6.45, 7) is 0.392. The van der Waals surface area contributed by atoms with Crippen LogP contribution in [-0.2, 0) is 9.92 Å². The minimum absolute atomic E-state index is 0.0193. The van der Waals surface area contributed by atoms with E-state index in [9.17, 15) is 17.4 Å². The highest BCUT2D eigenvalue weighted by molar-refractivity contribution is 7.90. The van der Waals surface area contributed by atoms with Crippen molar-refractivity contribution >= 4 is 33.1 Å². The number of ether oxygens (including phenoxy) is 1. The molecule has 0 aliphatic heterocycles. The second kappa shape index (κ2) is 8.87. The Bertz CT molecular complexity index is 920. The Morgan fingerprint density at radius 1 is 1.14 bits per heavy atom. The molecule has 0 saturated heterocycles. The van der Waals surface area contributed by atoms with Crippen LogP contribution in [0, 0.1) is 4.78 Å². The van der Waals surface area contributed by atoms with Crippen molar-refractivity contribution < 1.29 is 22.1 Å². The first kappa shape index (κ1) is 22.8. The molecule has 0 fully saturated rings. The summed E-state index contributed by atoms with van der Waals surface area (Å²) in [6.07, 6.45) is -4.83. The van der Waals surface area contributed by atoms with Crippen molar-refractivity contribution in [3.63, 3.8) is 0 Å². The molecular weight excluding hydrogens is 438 g/mol. The first-order valence-corrected chi connectivity index (χ1v) is 10.2. The zero-order valence-corrected chi connectivity index (χ0v) is 17.2. The highest BCUT2D eigenvalue weighted by Crippen LogP contribution is 2.28. The number of halogens is 5. The van der Waals surface area contributed by atoms with Crippen LogP contribution in [0.1, 0.15) is 11.6 Å². The lowest BCUT2D eigenvalue weighted by Gasteiger charge is -2.24. The van der Waals surface area contributed by atoms with Gasteiger partial charge in [-0.3, -0.25) is 0 Å². The van der Waals surface area contributed by atoms with Crippen molar-refractivity contribution in [2.24, 2.45) is 0 Å². The van der Waals surface area contributed by atoms with Crippen LogP contribution >= 0.6 is 23.2 Å². The number of nitrogens with one attached hydrogen (secondary N) is 2. The summed E-state index contributed by atoms with van der Waals surface area (Å²) >= 11 is 12.0. The maximum atomic E-state index is 12.9. The van der Waals surface area contributed by atoms with E-state index in [0.717, 1.165) is 24.3 Å². The van der Waals surface area contributed by atoms with Crippen LogP contribution in [0.3, 0.4) is 0 Å². The van der Waals surface area contributed by atoms with Gasteiger partial charge in [0.2, 0.25) is 0 Å². The fourth-order valence-electron chi connectivity index (χ4n) is 2.41. The second-order valence-electron chi connectivity index (χ2n) is 6.18. The van der Waals surface area contributed by atoms with Gasteiger partial charge < -0.3 is 9.64 Å². The van der Waals surface area contributed by atoms with E-state index in [4.69, 9.17) is 28.0 Å². The van der Waals surface area contributed by atoms with Gasteiger partial charge in [-0.2, -0.15) is 0 Å². The SMILES string of the molecule is CN(C)C[C@H](N[S@](=N)(=O)c1ccc(OC(F)(F)F)cc1)c1ccc(Cl)c(Cl)c1. The normalized spacial score (nSPS) is 15.3. The Morgan fingerprint density at radius 3 is 2.25 bits per heavy atom. The fourth-order valence-corrected chi connectivity index (χ4v) is 3.98. The van der Waals surface area contributed by atoms with Gasteiger partial charge in [-0.15, -0.1) is 13.2 Å². The Hall–Kier alpha value is -1.52. The van der Waals surface area contributed by atoms with Gasteiger partial charge in [-0.25, -0.2) is 13.7 Å². The number of benzene rings is 2. The van der Waals surface area contributed by atoms with E-state index in [-0.39, 0.29) is 4.90 Å². The van der Waals surface area contributed by atoms with Gasteiger partial charge >= 0.3 is 6.36 Å². The van der Waals surface area contributed by atoms with Crippen LogP contribution in [0.5, 0.6) is 5.75 Å². The Morgan fingerprint density at radius 2 is 1.75 bits per heavy atom. The van der Waals surface area contributed by atoms with Crippen LogP contribution in [0.25, 0.3) is 0 Å². The first-order valence-electron chi connectivity index (χ1n) is 7.89. The predicted octanol–water partition coefficient (Wildman–Crippen LogP) is 5.11. The van der Waals surface area contributed by atoms with Crippen LogP contribution in [-0.4, -0.2) is 36.1 Å². The minimum Gasteiger partial charge on any atom is -0.406 e. The maximum absolute atomic E-state index is 12.9. The zero-order valence-electron chi connectivity index (χ0n) is 14.9. The molecule has 28 heavy (non-hydrogen) atoms. The highest BCUT2D eigenvalue weighted by atomic mass is 35.5. The van der Waals surface area contributed by atoms with E-state index in [1.54, 1.807) is 32.3 Å². The lowest BCUT2D eigenvalue weighted by molar-refractivity contribution is -0.274. The van der Waals surface area contributed by atoms with Crippen LogP contribution < -0.4 is 9.46 Å². The monoisotopic (exact) mass is 455 g/mol. The summed E-state index contributed by atoms with van der Waals surface area (Å²) in [7, 11) is 0.0873. The maximum Gasteiger partial charge on any atom is 0.573 e. The largest absolute Gasteiger partial charge is 0.573 e. The molecule has 0 aliphatic rings. The molecule has 0 aromatic heterocycles. The molecule has 0 bridgehead atoms. The molecule has 2 aromatic carbocycles. The molecule has 0 spiro atoms. The van der Waals surface area contributed by atoms with Crippen molar-refractivity contribution in [1.82, 2.24) is 9.62 Å². The van der Waals surface area contributed by atoms with E-state index < -0.39 is 28.1 Å². The number of likely N-dealkylation sites (N-methyl/N-ethyl adjacent to an activating group) is 1. The predicted molar refractivity (Wildman–Crippen MR) is 103 cm³/mol. The zero-order chi connectivity index (χ0) is 21.1. The number of rotatable bonds is 7. The van der Waals surface area contributed by atoms with E-state index in [2.05, 4.69) is 9.46 Å². The minimum atomic E-state index is -4.83. The standard InChI is InChI=1S/C17H18Cl2F3N3O2S/c1-25(2)10-16(11-3-8-14(18)15(19)9-11)24-28(23,26)13-6-4-12(5-7-13)27-17(20,21)22/h3-9,16H,10H2,1-2H3,(H2,23,24,26)/t16-,28-/m0/s1. The third-order valence-corrected chi connectivity index (χ3v) is 5.88. The van der Waals surface area contributed by atoms with Gasteiger partial charge in [0.25, 0.3) is 0 Å². The average molecular weight is 456 g/mol. The summed E-state index contributed by atoms with van der Waals surface area (Å²) in [5, 5.41) is 0.677. The molecule has 0 unspecified atom stereocenters. The number of alkyl halides is 3. The molecule has 2 aromatic rings. The topological polar surface area (TPSA) is 65.4 Å². The molecule has 0 heterocycles. The van der Waals surface area contributed by atoms with Crippen molar-refractivity contribution in [1.29, 1.82) is 4.78 Å². The van der Waals surface area contributed by atoms with Gasteiger partial charge in [0.1, 0.15) is 15.7 Å². The summed E-state index contributed by atoms with van der Waals surface area (Å²) in [5.74, 6) is -0.458. The molecule has 2 N–H and O–H groups in total. The molecular formula is C17H18Cl2F3N3O2S. The lowest BCUT2D eigenvalue weighted by Crippen LogP contribution is -2.34. The van der Waals surface area contributed by atoms with Crippen LogP contribution in [0.2, 0.25) is 10.0 Å². The smallest absolute Gasteiger partial charge is 0.406 e. The van der Waals surface area contributed by atoms with Crippen molar-refractivity contribution in [3.8, 4) is 5.75 Å². The third-order valence-electron chi connectivity index (χ3n) is 3.59. The summed E-state index contributed by atoms with van der Waals surface area (Å²) < 4.78 is 64.5. The molecule has 2 rings (SSSR count). The molecule has 0 radical (unpaired) electrons. The van der Waals surface area contributed by atoms with E-state index >= 15 is 0 Å². The van der Waals surface area contributed by atoms with Crippen LogP contribution in [0.15, 0.2) is 47.4 Å². The van der Waals surface area contributed by atoms with E-state index in [1.165, 1.54) is 0 Å². The van der Waals surface area contributed by atoms with E-state index in [1.807, 2.05) is 4.90 Å². The van der Waals surface area contributed by atoms with Crippen molar-refractivity contribution in [2.45, 2.75) is 17.3 Å². The van der Waals surface area contributed by atoms with Crippen LogP contribution in [0.4, 0.5) is 13.2 Å². The number of hydrogen-bond acceptors (Lipinski definition) is 4. The summed E-state index contributed by atoms with van der Waals surface area (Å²) in [5.41, 5.74) is 0.667. The first-order chi connectivity index (χ1) is 12.9. The van der Waals surface area contributed by atoms with Gasteiger partial charge in [0.05, 0.1) is 21.0 Å². The highest BCUT2D eigenvalue weighted by Gasteiger charge is 2.31. The molecule has 5 nitrogen and oxygen atoms in total. The molecule has 0 aliphatic carbocycles. The van der Waals surface area contributed by atoms with Crippen molar-refractivity contribution in [2.75, 3.05) is 20.6 Å². The van der Waals surface area contributed by atoms with Gasteiger partial charge in [-0.05, 0) is 56.1 Å². The molecule has 0 amide bonds. The number of nitrogens with zero attached hydrogens (tertiary/aromatic N) is 1. The van der Waals surface area contributed by atoms with Gasteiger partial charge in [-0.1, -0.05) is 29.3 Å². The quantitative estimate of drug-likeness (QED) is 0.609. The molecule has 154 valence electrons. The Kier molecular flexibility index (Phi) is 7.22. The van der Waals surface area contributed by atoms with Gasteiger partial charge in [0.15, 0.2) is 0 Å². The Balaban J connectivity index is 2.28. The van der Waals surface area contributed by atoms with Gasteiger partial charge in [0, 0.05) is 6.54 Å². The molecule has 2 atom stereocenters. The summed E-state index contributed by atoms with van der Waals surface area (Å²) in [4.78, 5) is 1.85. The lowest BCUT2D eigenvalue weighted by atomic mass is 10.1.